The summed E-state index contributed by atoms with van der Waals surface area (Å²) in [6.07, 6.45) is 0.0445. The maximum atomic E-state index is 10.6. The van der Waals surface area contributed by atoms with Gasteiger partial charge in [0.2, 0.25) is 0 Å². The van der Waals surface area contributed by atoms with Crippen LogP contribution in [0.25, 0.3) is 11.0 Å². The summed E-state index contributed by atoms with van der Waals surface area (Å²) in [5, 5.41) is 11.2. The molecule has 0 fully saturated rings. The van der Waals surface area contributed by atoms with E-state index < -0.39 is 6.10 Å². The Kier molecular flexibility index (Phi) is 5.60. The van der Waals surface area contributed by atoms with Crippen molar-refractivity contribution in [3.8, 4) is 5.75 Å². The first kappa shape index (κ1) is 18.5. The van der Waals surface area contributed by atoms with Crippen molar-refractivity contribution in [2.75, 3.05) is 6.61 Å². The van der Waals surface area contributed by atoms with Gasteiger partial charge in [0.15, 0.2) is 0 Å². The summed E-state index contributed by atoms with van der Waals surface area (Å²) in [6, 6.07) is 25.3. The molecular formula is C23H21ClN2O2. The highest BCUT2D eigenvalue weighted by Gasteiger charge is 2.15. The molecule has 3 aromatic carbocycles. The van der Waals surface area contributed by atoms with E-state index in [2.05, 4.69) is 16.7 Å². The average Bonchev–Trinajstić information content (AvgIpc) is 3.05. The van der Waals surface area contributed by atoms with Gasteiger partial charge in [-0.15, -0.1) is 0 Å². The Morgan fingerprint density at radius 2 is 1.64 bits per heavy atom. The van der Waals surface area contributed by atoms with Crippen molar-refractivity contribution in [3.63, 3.8) is 0 Å². The third-order valence-corrected chi connectivity index (χ3v) is 4.84. The van der Waals surface area contributed by atoms with Crippen LogP contribution >= 0.6 is 11.6 Å². The number of benzene rings is 3. The summed E-state index contributed by atoms with van der Waals surface area (Å²) in [7, 11) is 0. The highest BCUT2D eigenvalue weighted by Crippen LogP contribution is 2.20. The SMILES string of the molecule is O[C@H](COc1ccc(Cl)cc1)Cn1c(Cc2ccccc2)nc2ccccc21. The van der Waals surface area contributed by atoms with Crippen LogP contribution in [0.15, 0.2) is 78.9 Å². The first-order chi connectivity index (χ1) is 13.7. The van der Waals surface area contributed by atoms with E-state index in [0.717, 1.165) is 16.9 Å². The molecule has 0 aliphatic rings. The lowest BCUT2D eigenvalue weighted by Gasteiger charge is -2.16. The van der Waals surface area contributed by atoms with Crippen LogP contribution in [-0.2, 0) is 13.0 Å². The van der Waals surface area contributed by atoms with Gasteiger partial charge in [-0.1, -0.05) is 54.1 Å². The van der Waals surface area contributed by atoms with Crippen LogP contribution in [0.2, 0.25) is 5.02 Å². The maximum Gasteiger partial charge on any atom is 0.119 e. The molecule has 0 saturated carbocycles. The zero-order valence-corrected chi connectivity index (χ0v) is 16.1. The second-order valence-corrected chi connectivity index (χ2v) is 7.14. The zero-order valence-electron chi connectivity index (χ0n) is 15.3. The van der Waals surface area contributed by atoms with E-state index in [0.29, 0.717) is 23.7 Å². The topological polar surface area (TPSA) is 47.3 Å². The van der Waals surface area contributed by atoms with Crippen LogP contribution in [0, 0.1) is 0 Å². The number of nitrogens with zero attached hydrogens (tertiary/aromatic N) is 2. The van der Waals surface area contributed by atoms with Crippen molar-refractivity contribution in [2.45, 2.75) is 19.1 Å². The zero-order chi connectivity index (χ0) is 19.3. The summed E-state index contributed by atoms with van der Waals surface area (Å²) in [6.45, 7) is 0.606. The fourth-order valence-electron chi connectivity index (χ4n) is 3.23. The number of imidazole rings is 1. The molecule has 28 heavy (non-hydrogen) atoms. The minimum atomic E-state index is -0.664. The molecule has 0 aliphatic carbocycles. The third-order valence-electron chi connectivity index (χ3n) is 4.59. The number of aromatic nitrogens is 2. The minimum absolute atomic E-state index is 0.193. The van der Waals surface area contributed by atoms with Crippen LogP contribution in [-0.4, -0.2) is 27.4 Å². The molecule has 0 bridgehead atoms. The van der Waals surface area contributed by atoms with Gasteiger partial charge in [0, 0.05) is 11.4 Å². The lowest BCUT2D eigenvalue weighted by molar-refractivity contribution is 0.0928. The molecule has 5 heteroatoms. The predicted molar refractivity (Wildman–Crippen MR) is 112 cm³/mol. The number of hydrogen-bond donors (Lipinski definition) is 1. The monoisotopic (exact) mass is 392 g/mol. The molecule has 0 saturated heterocycles. The fraction of sp³-hybridized carbons (Fsp3) is 0.174. The largest absolute Gasteiger partial charge is 0.491 e. The number of halogens is 1. The molecule has 4 rings (SSSR count). The number of aliphatic hydroxyl groups is 1. The first-order valence-corrected chi connectivity index (χ1v) is 9.61. The quantitative estimate of drug-likeness (QED) is 0.495. The molecule has 0 spiro atoms. The van der Waals surface area contributed by atoms with Crippen molar-refractivity contribution >= 4 is 22.6 Å². The second kappa shape index (κ2) is 8.46. The van der Waals surface area contributed by atoms with E-state index in [9.17, 15) is 5.11 Å². The molecule has 1 N–H and O–H groups in total. The Morgan fingerprint density at radius 3 is 2.43 bits per heavy atom. The summed E-state index contributed by atoms with van der Waals surface area (Å²) in [5.74, 6) is 1.61. The van der Waals surface area contributed by atoms with Gasteiger partial charge in [-0.25, -0.2) is 4.98 Å². The summed E-state index contributed by atoms with van der Waals surface area (Å²) in [5.41, 5.74) is 3.13. The van der Waals surface area contributed by atoms with Gasteiger partial charge in [-0.05, 0) is 42.0 Å². The molecule has 4 aromatic rings. The average molecular weight is 393 g/mol. The maximum absolute atomic E-state index is 10.6. The van der Waals surface area contributed by atoms with E-state index >= 15 is 0 Å². The number of hydrogen-bond acceptors (Lipinski definition) is 3. The van der Waals surface area contributed by atoms with Crippen molar-refractivity contribution < 1.29 is 9.84 Å². The van der Waals surface area contributed by atoms with E-state index in [1.54, 1.807) is 24.3 Å². The number of para-hydroxylation sites is 2. The lowest BCUT2D eigenvalue weighted by Crippen LogP contribution is -2.24. The third kappa shape index (κ3) is 4.35. The number of fused-ring (bicyclic) bond motifs is 1. The smallest absolute Gasteiger partial charge is 0.119 e. The molecule has 0 radical (unpaired) electrons. The summed E-state index contributed by atoms with van der Waals surface area (Å²) < 4.78 is 7.78. The van der Waals surface area contributed by atoms with Gasteiger partial charge >= 0.3 is 0 Å². The minimum Gasteiger partial charge on any atom is -0.491 e. The van der Waals surface area contributed by atoms with Gasteiger partial charge < -0.3 is 14.4 Å². The van der Waals surface area contributed by atoms with Crippen LogP contribution in [0.5, 0.6) is 5.75 Å². The lowest BCUT2D eigenvalue weighted by atomic mass is 10.1. The Balaban J connectivity index is 1.52. The Morgan fingerprint density at radius 1 is 0.929 bits per heavy atom. The molecule has 0 aliphatic heterocycles. The molecule has 1 heterocycles. The van der Waals surface area contributed by atoms with Crippen molar-refractivity contribution in [1.82, 2.24) is 9.55 Å². The predicted octanol–water partition coefficient (Wildman–Crippen LogP) is 4.72. The Hall–Kier alpha value is -2.82. The van der Waals surface area contributed by atoms with E-state index in [4.69, 9.17) is 21.3 Å². The fourth-order valence-corrected chi connectivity index (χ4v) is 3.36. The van der Waals surface area contributed by atoms with Gasteiger partial charge in [-0.2, -0.15) is 0 Å². The highest BCUT2D eigenvalue weighted by atomic mass is 35.5. The Labute approximate surface area is 169 Å². The molecule has 142 valence electrons. The standard InChI is InChI=1S/C23H21ClN2O2/c24-18-10-12-20(13-11-18)28-16-19(27)15-26-22-9-5-4-8-21(22)25-23(26)14-17-6-2-1-3-7-17/h1-13,19,27H,14-16H2/t19-/m0/s1. The summed E-state index contributed by atoms with van der Waals surface area (Å²) in [4.78, 5) is 4.79. The Bertz CT molecular complexity index is 1050. The molecule has 1 aromatic heterocycles. The molecule has 4 nitrogen and oxygen atoms in total. The van der Waals surface area contributed by atoms with Crippen LogP contribution in [0.3, 0.4) is 0 Å². The van der Waals surface area contributed by atoms with Crippen molar-refractivity contribution in [1.29, 1.82) is 0 Å². The van der Waals surface area contributed by atoms with Crippen LogP contribution < -0.4 is 4.74 Å². The van der Waals surface area contributed by atoms with Gasteiger partial charge in [0.25, 0.3) is 0 Å². The van der Waals surface area contributed by atoms with Crippen molar-refractivity contribution in [2.24, 2.45) is 0 Å². The van der Waals surface area contributed by atoms with Crippen molar-refractivity contribution in [3.05, 3.63) is 95.3 Å². The molecular weight excluding hydrogens is 372 g/mol. The number of aliphatic hydroxyl groups excluding tert-OH is 1. The first-order valence-electron chi connectivity index (χ1n) is 9.23. The van der Waals surface area contributed by atoms with Crippen LogP contribution in [0.1, 0.15) is 11.4 Å². The summed E-state index contributed by atoms with van der Waals surface area (Å²) >= 11 is 5.89. The molecule has 1 atom stereocenters. The van der Waals surface area contributed by atoms with E-state index in [-0.39, 0.29) is 6.61 Å². The second-order valence-electron chi connectivity index (χ2n) is 6.71. The van der Waals surface area contributed by atoms with E-state index in [1.165, 1.54) is 5.56 Å². The van der Waals surface area contributed by atoms with Gasteiger partial charge in [-0.3, -0.25) is 0 Å². The van der Waals surface area contributed by atoms with Gasteiger partial charge in [0.05, 0.1) is 17.6 Å². The molecule has 0 amide bonds. The number of ether oxygens (including phenoxy) is 1. The number of rotatable bonds is 7. The highest BCUT2D eigenvalue weighted by molar-refractivity contribution is 6.30. The molecule has 0 unspecified atom stereocenters. The van der Waals surface area contributed by atoms with E-state index in [1.807, 2.05) is 42.5 Å². The normalized spacial score (nSPS) is 12.2. The van der Waals surface area contributed by atoms with Crippen LogP contribution in [0.4, 0.5) is 0 Å². The van der Waals surface area contributed by atoms with Gasteiger partial charge in [0.1, 0.15) is 24.3 Å².